The number of nitrogens with one attached hydrogen (secondary N) is 1. The van der Waals surface area contributed by atoms with Crippen LogP contribution in [-0.2, 0) is 4.79 Å². The molecule has 2 rings (SSSR count). The minimum absolute atomic E-state index is 0.0947. The van der Waals surface area contributed by atoms with Crippen molar-refractivity contribution in [3.8, 4) is 0 Å². The van der Waals surface area contributed by atoms with Gasteiger partial charge in [0, 0.05) is 12.4 Å². The van der Waals surface area contributed by atoms with E-state index in [1.54, 1.807) is 18.2 Å². The van der Waals surface area contributed by atoms with Gasteiger partial charge in [-0.1, -0.05) is 19.9 Å². The molecule has 2 N–H and O–H groups in total. The van der Waals surface area contributed by atoms with Crippen molar-refractivity contribution < 1.29 is 14.7 Å². The van der Waals surface area contributed by atoms with Crippen LogP contribution >= 0.6 is 0 Å². The van der Waals surface area contributed by atoms with Crippen LogP contribution in [0.3, 0.4) is 0 Å². The van der Waals surface area contributed by atoms with Crippen LogP contribution in [0.25, 0.3) is 5.65 Å². The molecule has 2 aromatic heterocycles. The monoisotopic (exact) mass is 303 g/mol. The average molecular weight is 303 g/mol. The Morgan fingerprint density at radius 3 is 2.73 bits per heavy atom. The summed E-state index contributed by atoms with van der Waals surface area (Å²) in [5.74, 6) is -1.77. The number of amides is 1. The highest BCUT2D eigenvalue weighted by atomic mass is 16.4. The van der Waals surface area contributed by atoms with Gasteiger partial charge in [0.1, 0.15) is 17.3 Å². The minimum atomic E-state index is -1.13. The maximum Gasteiger partial charge on any atom is 0.326 e. The number of aliphatic carboxylic acids is 1. The van der Waals surface area contributed by atoms with E-state index in [-0.39, 0.29) is 17.9 Å². The molecule has 0 aliphatic carbocycles. The molecule has 22 heavy (non-hydrogen) atoms. The predicted molar refractivity (Wildman–Crippen MR) is 79.8 cm³/mol. The van der Waals surface area contributed by atoms with Crippen LogP contribution in [-0.4, -0.2) is 32.4 Å². The molecule has 0 bridgehead atoms. The minimum Gasteiger partial charge on any atom is -0.480 e. The molecule has 0 fully saturated rings. The van der Waals surface area contributed by atoms with Gasteiger partial charge in [-0.05, 0) is 24.5 Å². The Labute approximate surface area is 126 Å². The van der Waals surface area contributed by atoms with Gasteiger partial charge in [-0.3, -0.25) is 14.0 Å². The largest absolute Gasteiger partial charge is 0.480 e. The van der Waals surface area contributed by atoms with Gasteiger partial charge in [-0.2, -0.15) is 0 Å². The normalized spacial score (nSPS) is 12.3. The molecule has 0 saturated heterocycles. The van der Waals surface area contributed by atoms with Gasteiger partial charge in [0.05, 0.1) is 0 Å². The SMILES string of the molecule is CC(C)C[C@@H](NC(=O)c1cnc2ccccn2c1=O)C(=O)O. The highest BCUT2D eigenvalue weighted by molar-refractivity contribution is 5.96. The standard InChI is InChI=1S/C15H17N3O4/c1-9(2)7-11(15(21)22)17-13(19)10-8-16-12-5-3-4-6-18(12)14(10)20/h3-6,8-9,11H,7H2,1-2H3,(H,17,19)(H,21,22)/t11-/m1/s1. The van der Waals surface area contributed by atoms with E-state index in [4.69, 9.17) is 5.11 Å². The highest BCUT2D eigenvalue weighted by Crippen LogP contribution is 2.06. The summed E-state index contributed by atoms with van der Waals surface area (Å²) in [6.45, 7) is 3.71. The Morgan fingerprint density at radius 2 is 2.09 bits per heavy atom. The molecular formula is C15H17N3O4. The Balaban J connectivity index is 2.31. The number of nitrogens with zero attached hydrogens (tertiary/aromatic N) is 2. The van der Waals surface area contributed by atoms with Gasteiger partial charge in [0.2, 0.25) is 0 Å². The van der Waals surface area contributed by atoms with Gasteiger partial charge < -0.3 is 10.4 Å². The van der Waals surface area contributed by atoms with Crippen LogP contribution in [0.4, 0.5) is 0 Å². The fourth-order valence-electron chi connectivity index (χ4n) is 2.11. The molecular weight excluding hydrogens is 286 g/mol. The average Bonchev–Trinajstić information content (AvgIpc) is 2.46. The van der Waals surface area contributed by atoms with Crippen molar-refractivity contribution in [2.45, 2.75) is 26.3 Å². The van der Waals surface area contributed by atoms with Crippen molar-refractivity contribution >= 4 is 17.5 Å². The molecule has 0 aromatic carbocycles. The van der Waals surface area contributed by atoms with Crippen LogP contribution in [0.15, 0.2) is 35.4 Å². The number of hydrogen-bond donors (Lipinski definition) is 2. The fourth-order valence-corrected chi connectivity index (χ4v) is 2.11. The molecule has 7 heteroatoms. The lowest BCUT2D eigenvalue weighted by atomic mass is 10.0. The summed E-state index contributed by atoms with van der Waals surface area (Å²) in [7, 11) is 0. The quantitative estimate of drug-likeness (QED) is 0.855. The van der Waals surface area contributed by atoms with Gasteiger partial charge in [0.25, 0.3) is 11.5 Å². The first-order valence-corrected chi connectivity index (χ1v) is 6.90. The lowest BCUT2D eigenvalue weighted by Crippen LogP contribution is -2.43. The molecule has 2 aromatic rings. The van der Waals surface area contributed by atoms with Crippen molar-refractivity contribution in [3.63, 3.8) is 0 Å². The lowest BCUT2D eigenvalue weighted by molar-refractivity contribution is -0.139. The zero-order valence-corrected chi connectivity index (χ0v) is 12.3. The topological polar surface area (TPSA) is 101 Å². The van der Waals surface area contributed by atoms with Gasteiger partial charge in [0.15, 0.2) is 0 Å². The van der Waals surface area contributed by atoms with E-state index >= 15 is 0 Å². The van der Waals surface area contributed by atoms with Crippen molar-refractivity contribution in [1.82, 2.24) is 14.7 Å². The van der Waals surface area contributed by atoms with Gasteiger partial charge >= 0.3 is 5.97 Å². The molecule has 2 heterocycles. The number of hydrogen-bond acceptors (Lipinski definition) is 4. The van der Waals surface area contributed by atoms with E-state index in [9.17, 15) is 14.4 Å². The molecule has 1 atom stereocenters. The predicted octanol–water partition coefficient (Wildman–Crippen LogP) is 0.924. The summed E-state index contributed by atoms with van der Waals surface area (Å²) < 4.78 is 1.24. The summed E-state index contributed by atoms with van der Waals surface area (Å²) >= 11 is 0. The Bertz CT molecular complexity index is 767. The highest BCUT2D eigenvalue weighted by Gasteiger charge is 2.23. The van der Waals surface area contributed by atoms with Crippen molar-refractivity contribution in [2.24, 2.45) is 5.92 Å². The summed E-state index contributed by atoms with van der Waals surface area (Å²) in [6.07, 6.45) is 2.95. The molecule has 0 aliphatic heterocycles. The Kier molecular flexibility index (Phi) is 4.55. The summed E-state index contributed by atoms with van der Waals surface area (Å²) in [4.78, 5) is 39.7. The van der Waals surface area contributed by atoms with Gasteiger partial charge in [-0.25, -0.2) is 9.78 Å². The van der Waals surface area contributed by atoms with Crippen molar-refractivity contribution in [1.29, 1.82) is 0 Å². The van der Waals surface area contributed by atoms with Crippen LogP contribution in [0.1, 0.15) is 30.6 Å². The third-order valence-electron chi connectivity index (χ3n) is 3.17. The molecule has 1 amide bonds. The number of fused-ring (bicyclic) bond motifs is 1. The second-order valence-corrected chi connectivity index (χ2v) is 5.40. The Hall–Kier alpha value is -2.70. The number of rotatable bonds is 5. The number of carbonyl (C=O) groups excluding carboxylic acids is 1. The van der Waals surface area contributed by atoms with E-state index in [2.05, 4.69) is 10.3 Å². The smallest absolute Gasteiger partial charge is 0.326 e. The maximum atomic E-state index is 12.3. The molecule has 7 nitrogen and oxygen atoms in total. The van der Waals surface area contributed by atoms with Crippen LogP contribution in [0, 0.1) is 5.92 Å². The van der Waals surface area contributed by atoms with Crippen molar-refractivity contribution in [2.75, 3.05) is 0 Å². The first kappa shape index (κ1) is 15.7. The molecule has 0 spiro atoms. The first-order chi connectivity index (χ1) is 10.4. The zero-order chi connectivity index (χ0) is 16.3. The Morgan fingerprint density at radius 1 is 1.36 bits per heavy atom. The third kappa shape index (κ3) is 3.30. The van der Waals surface area contributed by atoms with Crippen LogP contribution in [0.5, 0.6) is 0 Å². The van der Waals surface area contributed by atoms with Crippen LogP contribution < -0.4 is 10.9 Å². The van der Waals surface area contributed by atoms with E-state index in [1.807, 2.05) is 13.8 Å². The maximum absolute atomic E-state index is 12.3. The zero-order valence-electron chi connectivity index (χ0n) is 12.3. The summed E-state index contributed by atoms with van der Waals surface area (Å²) in [5, 5.41) is 11.5. The number of aromatic nitrogens is 2. The summed E-state index contributed by atoms with van der Waals surface area (Å²) in [5.41, 5.74) is -0.295. The van der Waals surface area contributed by atoms with Crippen LogP contribution in [0.2, 0.25) is 0 Å². The number of carboxylic acid groups (broad SMARTS) is 1. The second kappa shape index (κ2) is 6.38. The molecule has 0 aliphatic rings. The number of pyridine rings is 1. The lowest BCUT2D eigenvalue weighted by Gasteiger charge is -2.16. The molecule has 0 radical (unpaired) electrons. The molecule has 0 saturated carbocycles. The van der Waals surface area contributed by atoms with Crippen molar-refractivity contribution in [3.05, 3.63) is 46.5 Å². The summed E-state index contributed by atoms with van der Waals surface area (Å²) in [6, 6.07) is 3.98. The molecule has 0 unspecified atom stereocenters. The van der Waals surface area contributed by atoms with E-state index in [0.717, 1.165) is 0 Å². The number of carboxylic acids is 1. The fraction of sp³-hybridized carbons (Fsp3) is 0.333. The van der Waals surface area contributed by atoms with E-state index in [1.165, 1.54) is 16.8 Å². The first-order valence-electron chi connectivity index (χ1n) is 6.90. The van der Waals surface area contributed by atoms with E-state index < -0.39 is 23.5 Å². The second-order valence-electron chi connectivity index (χ2n) is 5.40. The third-order valence-corrected chi connectivity index (χ3v) is 3.17. The van der Waals surface area contributed by atoms with Gasteiger partial charge in [-0.15, -0.1) is 0 Å². The number of carbonyl (C=O) groups is 2. The van der Waals surface area contributed by atoms with E-state index in [0.29, 0.717) is 5.65 Å². The molecule has 116 valence electrons.